The summed E-state index contributed by atoms with van der Waals surface area (Å²) in [5.41, 5.74) is -0.512. The van der Waals surface area contributed by atoms with E-state index in [9.17, 15) is 14.7 Å². The van der Waals surface area contributed by atoms with Crippen LogP contribution in [-0.4, -0.2) is 34.7 Å². The molecule has 0 aromatic carbocycles. The Kier molecular flexibility index (Phi) is 12.3. The average Bonchev–Trinajstić information content (AvgIpc) is 2.96. The highest BCUT2D eigenvalue weighted by molar-refractivity contribution is 5.86. The van der Waals surface area contributed by atoms with Crippen LogP contribution in [0.3, 0.4) is 0 Å². The lowest BCUT2D eigenvalue weighted by atomic mass is 9.97. The van der Waals surface area contributed by atoms with Gasteiger partial charge in [-0.3, -0.25) is 4.79 Å². The molecule has 164 valence electrons. The maximum Gasteiger partial charge on any atom is 0.329 e. The Morgan fingerprint density at radius 3 is 2.66 bits per heavy atom. The molecule has 0 unspecified atom stereocenters. The van der Waals surface area contributed by atoms with Gasteiger partial charge in [0, 0.05) is 6.42 Å². The number of ether oxygens (including phenoxy) is 1. The van der Waals surface area contributed by atoms with E-state index < -0.39 is 23.7 Å². The summed E-state index contributed by atoms with van der Waals surface area (Å²) in [7, 11) is 0. The normalized spacial score (nSPS) is 23.3. The molecule has 1 saturated heterocycles. The first kappa shape index (κ1) is 25.2. The number of carbonyl (C=O) groups is 2. The van der Waals surface area contributed by atoms with Crippen LogP contribution in [0, 0.1) is 0 Å². The molecule has 2 N–H and O–H groups in total. The van der Waals surface area contributed by atoms with Gasteiger partial charge in [-0.15, -0.1) is 0 Å². The third-order valence-corrected chi connectivity index (χ3v) is 5.24. The van der Waals surface area contributed by atoms with Gasteiger partial charge in [-0.05, 0) is 32.6 Å². The summed E-state index contributed by atoms with van der Waals surface area (Å²) in [6, 6.07) is -0.623. The quantitative estimate of drug-likeness (QED) is 0.189. The van der Waals surface area contributed by atoms with E-state index in [0.717, 1.165) is 12.8 Å². The lowest BCUT2D eigenvalue weighted by molar-refractivity contribution is -0.149. The molecule has 0 aromatic rings. The number of allylic oxidation sites excluding steroid dienone is 5. The zero-order valence-corrected chi connectivity index (χ0v) is 18.4. The van der Waals surface area contributed by atoms with Gasteiger partial charge in [0.05, 0.1) is 12.5 Å². The van der Waals surface area contributed by atoms with Crippen LogP contribution in [0.5, 0.6) is 0 Å². The van der Waals surface area contributed by atoms with Gasteiger partial charge >= 0.3 is 5.97 Å². The van der Waals surface area contributed by atoms with Gasteiger partial charge in [0.15, 0.2) is 0 Å². The van der Waals surface area contributed by atoms with Gasteiger partial charge in [-0.25, -0.2) is 4.79 Å². The van der Waals surface area contributed by atoms with E-state index in [-0.39, 0.29) is 12.3 Å². The predicted octanol–water partition coefficient (Wildman–Crippen LogP) is 4.76. The highest BCUT2D eigenvalue weighted by Crippen LogP contribution is 2.29. The summed E-state index contributed by atoms with van der Waals surface area (Å²) in [5.74, 6) is -0.750. The highest BCUT2D eigenvalue weighted by atomic mass is 16.6. The van der Waals surface area contributed by atoms with Crippen LogP contribution in [0.25, 0.3) is 0 Å². The lowest BCUT2D eigenvalue weighted by Gasteiger charge is -2.19. The average molecular weight is 406 g/mol. The molecule has 0 bridgehead atoms. The third-order valence-electron chi connectivity index (χ3n) is 5.24. The minimum absolute atomic E-state index is 0.0745. The molecule has 1 aliphatic rings. The molecule has 1 amide bonds. The molecule has 5 heteroatoms. The second kappa shape index (κ2) is 14.2. The molecule has 0 spiro atoms. The molecule has 29 heavy (non-hydrogen) atoms. The zero-order valence-electron chi connectivity index (χ0n) is 18.4. The van der Waals surface area contributed by atoms with Gasteiger partial charge in [0.2, 0.25) is 5.91 Å². The zero-order chi connectivity index (χ0) is 21.5. The number of hydrogen-bond acceptors (Lipinski definition) is 4. The summed E-state index contributed by atoms with van der Waals surface area (Å²) in [6.07, 6.45) is 20.3. The third kappa shape index (κ3) is 11.0. The Morgan fingerprint density at radius 1 is 1.21 bits per heavy atom. The Bertz CT molecular complexity index is 581. The van der Waals surface area contributed by atoms with Gasteiger partial charge in [0.1, 0.15) is 11.6 Å². The fourth-order valence-corrected chi connectivity index (χ4v) is 3.22. The monoisotopic (exact) mass is 405 g/mol. The molecule has 0 saturated carbocycles. The second-order valence-corrected chi connectivity index (χ2v) is 8.04. The van der Waals surface area contributed by atoms with Crippen LogP contribution >= 0.6 is 0 Å². The lowest BCUT2D eigenvalue weighted by Crippen LogP contribution is -2.39. The summed E-state index contributed by atoms with van der Waals surface area (Å²) in [4.78, 5) is 23.9. The first-order valence-electron chi connectivity index (χ1n) is 11.1. The number of nitrogens with one attached hydrogen (secondary N) is 1. The van der Waals surface area contributed by atoms with Crippen molar-refractivity contribution in [2.75, 3.05) is 0 Å². The van der Waals surface area contributed by atoms with Gasteiger partial charge in [-0.1, -0.05) is 76.0 Å². The molecule has 1 rings (SSSR count). The van der Waals surface area contributed by atoms with E-state index in [1.807, 2.05) is 26.0 Å². The Hall–Kier alpha value is -1.88. The maximum atomic E-state index is 12.0. The molecule has 0 aromatic heterocycles. The first-order valence-corrected chi connectivity index (χ1v) is 11.1. The summed E-state index contributed by atoms with van der Waals surface area (Å²) in [5, 5.41) is 12.6. The van der Waals surface area contributed by atoms with Gasteiger partial charge in [0.25, 0.3) is 0 Å². The van der Waals surface area contributed by atoms with E-state index >= 15 is 0 Å². The minimum Gasteiger partial charge on any atom is -0.458 e. The fraction of sp³-hybridized carbons (Fsp3) is 0.667. The molecule has 0 radical (unpaired) electrons. The summed E-state index contributed by atoms with van der Waals surface area (Å²) in [6.45, 7) is 6.04. The molecule has 1 heterocycles. The number of aliphatic hydroxyl groups excluding tert-OH is 1. The van der Waals surface area contributed by atoms with Crippen molar-refractivity contribution in [3.05, 3.63) is 36.5 Å². The number of cyclic esters (lactones) is 1. The Balaban J connectivity index is 2.18. The largest absolute Gasteiger partial charge is 0.458 e. The second-order valence-electron chi connectivity index (χ2n) is 8.04. The molecule has 3 atom stereocenters. The van der Waals surface area contributed by atoms with Crippen molar-refractivity contribution in [2.24, 2.45) is 0 Å². The minimum atomic E-state index is -0.881. The standard InChI is InChI=1S/C24H39NO4/c1-4-6-7-8-9-10-11-12-13-14-15-16-17-20(26)18-22(27)25-21-19-24(3,5-2)29-23(21)28/h11-12,14-17,20-21,26H,4-10,13,18-19H2,1-3H3,(H,25,27)/b12-11-,15-14+,17-16-/t20-,21-,24-/m0/s1. The van der Waals surface area contributed by atoms with Crippen LogP contribution < -0.4 is 5.32 Å². The van der Waals surface area contributed by atoms with Crippen molar-refractivity contribution in [1.29, 1.82) is 0 Å². The van der Waals surface area contributed by atoms with Crippen molar-refractivity contribution >= 4 is 11.9 Å². The number of amides is 1. The molecule has 0 aliphatic carbocycles. The molecule has 5 nitrogen and oxygen atoms in total. The van der Waals surface area contributed by atoms with E-state index in [1.165, 1.54) is 32.1 Å². The van der Waals surface area contributed by atoms with Crippen LogP contribution in [0.15, 0.2) is 36.5 Å². The topological polar surface area (TPSA) is 75.6 Å². The van der Waals surface area contributed by atoms with E-state index in [2.05, 4.69) is 24.4 Å². The van der Waals surface area contributed by atoms with Gasteiger partial charge < -0.3 is 15.2 Å². The first-order chi connectivity index (χ1) is 13.9. The van der Waals surface area contributed by atoms with Crippen LogP contribution in [0.2, 0.25) is 0 Å². The number of esters is 1. The number of unbranched alkanes of at least 4 members (excludes halogenated alkanes) is 5. The van der Waals surface area contributed by atoms with Gasteiger partial charge in [-0.2, -0.15) is 0 Å². The van der Waals surface area contributed by atoms with Crippen molar-refractivity contribution < 1.29 is 19.4 Å². The molecular formula is C24H39NO4. The maximum absolute atomic E-state index is 12.0. The number of rotatable bonds is 14. The molecule has 1 aliphatic heterocycles. The van der Waals surface area contributed by atoms with E-state index in [4.69, 9.17) is 4.74 Å². The summed E-state index contributed by atoms with van der Waals surface area (Å²) >= 11 is 0. The van der Waals surface area contributed by atoms with Crippen molar-refractivity contribution in [3.8, 4) is 0 Å². The SMILES string of the molecule is CCCCCCC/C=C\C/C=C/C=C\[C@H](O)CC(=O)N[C@H]1C[C@](C)(CC)OC1=O. The molecule has 1 fully saturated rings. The number of hydrogen-bond donors (Lipinski definition) is 2. The Labute approximate surface area is 176 Å². The predicted molar refractivity (Wildman–Crippen MR) is 117 cm³/mol. The van der Waals surface area contributed by atoms with Crippen LogP contribution in [0.4, 0.5) is 0 Å². The Morgan fingerprint density at radius 2 is 1.97 bits per heavy atom. The van der Waals surface area contributed by atoms with Crippen LogP contribution in [0.1, 0.15) is 85.0 Å². The fourth-order valence-electron chi connectivity index (χ4n) is 3.22. The van der Waals surface area contributed by atoms with Crippen molar-refractivity contribution in [1.82, 2.24) is 5.32 Å². The number of aliphatic hydroxyl groups is 1. The highest BCUT2D eigenvalue weighted by Gasteiger charge is 2.42. The van der Waals surface area contributed by atoms with E-state index in [0.29, 0.717) is 12.8 Å². The number of carbonyl (C=O) groups excluding carboxylic acids is 2. The summed E-state index contributed by atoms with van der Waals surface area (Å²) < 4.78 is 5.32. The van der Waals surface area contributed by atoms with E-state index in [1.54, 1.807) is 12.2 Å². The van der Waals surface area contributed by atoms with Crippen LogP contribution in [-0.2, 0) is 14.3 Å². The molecular weight excluding hydrogens is 366 g/mol. The van der Waals surface area contributed by atoms with Crippen molar-refractivity contribution in [2.45, 2.75) is 103 Å². The van der Waals surface area contributed by atoms with Crippen molar-refractivity contribution in [3.63, 3.8) is 0 Å². The smallest absolute Gasteiger partial charge is 0.329 e.